The van der Waals surface area contributed by atoms with E-state index in [0.717, 1.165) is 29.1 Å². The van der Waals surface area contributed by atoms with E-state index in [1.165, 1.54) is 6.42 Å². The number of hydrogen-bond acceptors (Lipinski definition) is 4. The molecule has 0 aromatic carbocycles. The predicted octanol–water partition coefficient (Wildman–Crippen LogP) is 3.52. The molecule has 2 unspecified atom stereocenters. The van der Waals surface area contributed by atoms with Gasteiger partial charge in [-0.25, -0.2) is 9.97 Å². The van der Waals surface area contributed by atoms with Crippen LogP contribution in [0.2, 0.25) is 0 Å². The molecule has 1 fully saturated rings. The third-order valence-electron chi connectivity index (χ3n) is 3.45. The van der Waals surface area contributed by atoms with Crippen molar-refractivity contribution in [3.63, 3.8) is 0 Å². The molecule has 0 bridgehead atoms. The van der Waals surface area contributed by atoms with Crippen LogP contribution in [0.25, 0.3) is 0 Å². The highest BCUT2D eigenvalue weighted by Gasteiger charge is 2.28. The third-order valence-corrected chi connectivity index (χ3v) is 3.86. The first kappa shape index (κ1) is 14.7. The molecule has 1 aromatic heterocycles. The van der Waals surface area contributed by atoms with Crippen molar-refractivity contribution in [2.45, 2.75) is 57.6 Å². The van der Waals surface area contributed by atoms with Gasteiger partial charge in [0.15, 0.2) is 0 Å². The van der Waals surface area contributed by atoms with E-state index in [1.807, 2.05) is 6.07 Å². The van der Waals surface area contributed by atoms with Crippen molar-refractivity contribution in [1.29, 1.82) is 0 Å². The number of anilines is 1. The van der Waals surface area contributed by atoms with E-state index in [9.17, 15) is 0 Å². The van der Waals surface area contributed by atoms with E-state index in [-0.39, 0.29) is 11.5 Å². The number of methoxy groups -OCH3 is 1. The van der Waals surface area contributed by atoms with E-state index in [1.54, 1.807) is 7.11 Å². The second-order valence-corrected chi connectivity index (χ2v) is 6.92. The highest BCUT2D eigenvalue weighted by molar-refractivity contribution is 9.10. The normalized spacial score (nSPS) is 23.6. The molecule has 5 heteroatoms. The van der Waals surface area contributed by atoms with Crippen LogP contribution in [0.15, 0.2) is 10.7 Å². The lowest BCUT2D eigenvalue weighted by atomic mass is 9.96. The Morgan fingerprint density at radius 3 is 2.68 bits per heavy atom. The first-order valence-electron chi connectivity index (χ1n) is 6.74. The molecular formula is C14H22BrN3O. The molecule has 1 aliphatic carbocycles. The Morgan fingerprint density at radius 1 is 1.32 bits per heavy atom. The van der Waals surface area contributed by atoms with Gasteiger partial charge in [0.2, 0.25) is 0 Å². The van der Waals surface area contributed by atoms with Crippen molar-refractivity contribution in [2.75, 3.05) is 12.4 Å². The lowest BCUT2D eigenvalue weighted by Crippen LogP contribution is -2.30. The Balaban J connectivity index is 2.18. The molecule has 1 N–H and O–H groups in total. The van der Waals surface area contributed by atoms with E-state index in [2.05, 4.69) is 52.0 Å². The molecule has 2 atom stereocenters. The standard InChI is InChI=1S/C14H22BrN3O/c1-14(2,3)13-17-11(15)8-12(18-13)16-9-6-5-7-10(9)19-4/h8-10H,5-7H2,1-4H3,(H,16,17,18). The van der Waals surface area contributed by atoms with Gasteiger partial charge in [-0.1, -0.05) is 20.8 Å². The van der Waals surface area contributed by atoms with Crippen LogP contribution in [-0.4, -0.2) is 29.2 Å². The molecule has 2 rings (SSSR count). The molecular weight excluding hydrogens is 306 g/mol. The first-order chi connectivity index (χ1) is 8.90. The second-order valence-electron chi connectivity index (χ2n) is 6.11. The molecule has 0 spiro atoms. The van der Waals surface area contributed by atoms with E-state index in [0.29, 0.717) is 6.04 Å². The number of nitrogens with zero attached hydrogens (tertiary/aromatic N) is 2. The van der Waals surface area contributed by atoms with Gasteiger partial charge in [-0.05, 0) is 35.2 Å². The molecule has 1 aliphatic rings. The average Bonchev–Trinajstić information content (AvgIpc) is 2.74. The average molecular weight is 328 g/mol. The van der Waals surface area contributed by atoms with Crippen molar-refractivity contribution >= 4 is 21.7 Å². The van der Waals surface area contributed by atoms with Crippen LogP contribution < -0.4 is 5.32 Å². The van der Waals surface area contributed by atoms with Gasteiger partial charge < -0.3 is 10.1 Å². The minimum absolute atomic E-state index is 0.0590. The summed E-state index contributed by atoms with van der Waals surface area (Å²) in [6, 6.07) is 2.28. The molecule has 0 amide bonds. The minimum Gasteiger partial charge on any atom is -0.379 e. The van der Waals surface area contributed by atoms with Crippen molar-refractivity contribution in [2.24, 2.45) is 0 Å². The van der Waals surface area contributed by atoms with Crippen molar-refractivity contribution in [3.05, 3.63) is 16.5 Å². The zero-order valence-electron chi connectivity index (χ0n) is 12.0. The molecule has 1 aromatic rings. The maximum Gasteiger partial charge on any atom is 0.137 e. The predicted molar refractivity (Wildman–Crippen MR) is 80.5 cm³/mol. The quantitative estimate of drug-likeness (QED) is 0.863. The smallest absolute Gasteiger partial charge is 0.137 e. The van der Waals surface area contributed by atoms with Crippen LogP contribution in [0.5, 0.6) is 0 Å². The summed E-state index contributed by atoms with van der Waals surface area (Å²) in [6.07, 6.45) is 3.73. The van der Waals surface area contributed by atoms with Crippen molar-refractivity contribution < 1.29 is 4.74 Å². The molecule has 1 saturated carbocycles. The minimum atomic E-state index is -0.0590. The number of halogens is 1. The van der Waals surface area contributed by atoms with Crippen LogP contribution >= 0.6 is 15.9 Å². The molecule has 1 heterocycles. The van der Waals surface area contributed by atoms with Gasteiger partial charge in [0.05, 0.1) is 12.1 Å². The van der Waals surface area contributed by atoms with Crippen molar-refractivity contribution in [3.8, 4) is 0 Å². The van der Waals surface area contributed by atoms with Crippen LogP contribution in [0.4, 0.5) is 5.82 Å². The van der Waals surface area contributed by atoms with Gasteiger partial charge in [-0.3, -0.25) is 0 Å². The molecule has 0 saturated heterocycles. The van der Waals surface area contributed by atoms with E-state index in [4.69, 9.17) is 4.74 Å². The fourth-order valence-corrected chi connectivity index (χ4v) is 2.77. The fourth-order valence-electron chi connectivity index (χ4n) is 2.39. The zero-order valence-corrected chi connectivity index (χ0v) is 13.6. The third kappa shape index (κ3) is 3.66. The Hall–Kier alpha value is -0.680. The van der Waals surface area contributed by atoms with Crippen LogP contribution in [0.3, 0.4) is 0 Å². The summed E-state index contributed by atoms with van der Waals surface area (Å²) in [5, 5.41) is 3.49. The zero-order chi connectivity index (χ0) is 14.0. The summed E-state index contributed by atoms with van der Waals surface area (Å²) in [5.41, 5.74) is -0.0590. The topological polar surface area (TPSA) is 47.0 Å². The monoisotopic (exact) mass is 327 g/mol. The molecule has 0 radical (unpaired) electrons. The van der Waals surface area contributed by atoms with Gasteiger partial charge in [-0.2, -0.15) is 0 Å². The Morgan fingerprint density at radius 2 is 2.05 bits per heavy atom. The molecule has 0 aliphatic heterocycles. The highest BCUT2D eigenvalue weighted by atomic mass is 79.9. The largest absolute Gasteiger partial charge is 0.379 e. The summed E-state index contributed by atoms with van der Waals surface area (Å²) in [6.45, 7) is 6.35. The van der Waals surface area contributed by atoms with Crippen molar-refractivity contribution in [1.82, 2.24) is 9.97 Å². The van der Waals surface area contributed by atoms with Gasteiger partial charge >= 0.3 is 0 Å². The van der Waals surface area contributed by atoms with Gasteiger partial charge in [0.25, 0.3) is 0 Å². The summed E-state index contributed by atoms with van der Waals surface area (Å²) < 4.78 is 6.33. The second kappa shape index (κ2) is 5.75. The highest BCUT2D eigenvalue weighted by Crippen LogP contribution is 2.27. The fraction of sp³-hybridized carbons (Fsp3) is 0.714. The summed E-state index contributed by atoms with van der Waals surface area (Å²) >= 11 is 3.46. The van der Waals surface area contributed by atoms with Gasteiger partial charge in [0.1, 0.15) is 16.2 Å². The molecule has 106 valence electrons. The summed E-state index contributed by atoms with van der Waals surface area (Å²) in [4.78, 5) is 9.08. The maximum atomic E-state index is 5.51. The SMILES string of the molecule is COC1CCCC1Nc1cc(Br)nc(C(C)(C)C)n1. The van der Waals surface area contributed by atoms with Gasteiger partial charge in [0, 0.05) is 18.6 Å². The number of rotatable bonds is 3. The number of ether oxygens (including phenoxy) is 1. The lowest BCUT2D eigenvalue weighted by molar-refractivity contribution is 0.101. The Labute approximate surface area is 123 Å². The molecule has 19 heavy (non-hydrogen) atoms. The van der Waals surface area contributed by atoms with E-state index >= 15 is 0 Å². The number of aromatic nitrogens is 2. The van der Waals surface area contributed by atoms with Crippen LogP contribution in [0, 0.1) is 0 Å². The van der Waals surface area contributed by atoms with E-state index < -0.39 is 0 Å². The molecule has 4 nitrogen and oxygen atoms in total. The van der Waals surface area contributed by atoms with Crippen LogP contribution in [-0.2, 0) is 10.2 Å². The Bertz CT molecular complexity index is 445. The van der Waals surface area contributed by atoms with Gasteiger partial charge in [-0.15, -0.1) is 0 Å². The summed E-state index contributed by atoms with van der Waals surface area (Å²) in [5.74, 6) is 1.72. The number of hydrogen-bond donors (Lipinski definition) is 1. The lowest BCUT2D eigenvalue weighted by Gasteiger charge is -2.22. The Kier molecular flexibility index (Phi) is 4.46. The first-order valence-corrected chi connectivity index (χ1v) is 7.54. The maximum absolute atomic E-state index is 5.51. The number of nitrogens with one attached hydrogen (secondary N) is 1. The summed E-state index contributed by atoms with van der Waals surface area (Å²) in [7, 11) is 1.78. The van der Waals surface area contributed by atoms with Crippen LogP contribution in [0.1, 0.15) is 45.9 Å².